The van der Waals surface area contributed by atoms with E-state index in [1.165, 1.54) is 5.56 Å². The molecule has 1 aliphatic carbocycles. The first-order chi connectivity index (χ1) is 15.0. The highest BCUT2D eigenvalue weighted by atomic mass is 16.5. The molecule has 6 nitrogen and oxygen atoms in total. The van der Waals surface area contributed by atoms with Crippen molar-refractivity contribution in [3.8, 4) is 11.4 Å². The first-order valence-corrected chi connectivity index (χ1v) is 11.2. The SMILES string of the molecule is Cc1ccc(O[C@@H]2C[C@@H]3CN(Cc4ccc(-n5cccn5)cc4)C[C@@H]3C[C@H]2O)c(C)n1. The van der Waals surface area contributed by atoms with Gasteiger partial charge in [-0.05, 0) is 74.4 Å². The van der Waals surface area contributed by atoms with Crippen LogP contribution in [0.25, 0.3) is 5.69 Å². The Balaban J connectivity index is 1.20. The number of aromatic nitrogens is 3. The molecule has 2 fully saturated rings. The maximum absolute atomic E-state index is 10.7. The molecule has 1 saturated carbocycles. The molecule has 2 aromatic heterocycles. The van der Waals surface area contributed by atoms with Gasteiger partial charge >= 0.3 is 0 Å². The Morgan fingerprint density at radius 3 is 2.52 bits per heavy atom. The Bertz CT molecular complexity index is 1020. The van der Waals surface area contributed by atoms with Crippen molar-refractivity contribution in [2.45, 2.75) is 45.4 Å². The number of aryl methyl sites for hydroxylation is 2. The van der Waals surface area contributed by atoms with E-state index in [0.717, 1.165) is 55.3 Å². The van der Waals surface area contributed by atoms with Gasteiger partial charge in [-0.15, -0.1) is 0 Å². The van der Waals surface area contributed by atoms with E-state index in [1.807, 2.05) is 42.9 Å². The van der Waals surface area contributed by atoms with Gasteiger partial charge in [-0.3, -0.25) is 9.88 Å². The van der Waals surface area contributed by atoms with Gasteiger partial charge in [-0.1, -0.05) is 12.1 Å². The molecule has 1 aromatic carbocycles. The van der Waals surface area contributed by atoms with Gasteiger partial charge in [0.2, 0.25) is 0 Å². The smallest absolute Gasteiger partial charge is 0.141 e. The third-order valence-corrected chi connectivity index (χ3v) is 6.73. The summed E-state index contributed by atoms with van der Waals surface area (Å²) in [6, 6.07) is 14.5. The van der Waals surface area contributed by atoms with E-state index in [-0.39, 0.29) is 6.10 Å². The molecule has 31 heavy (non-hydrogen) atoms. The van der Waals surface area contributed by atoms with Crippen molar-refractivity contribution in [1.82, 2.24) is 19.7 Å². The molecule has 0 amide bonds. The van der Waals surface area contributed by atoms with Crippen LogP contribution in [0.1, 0.15) is 29.8 Å². The second-order valence-corrected chi connectivity index (χ2v) is 9.06. The molecule has 2 aliphatic rings. The van der Waals surface area contributed by atoms with E-state index >= 15 is 0 Å². The molecule has 1 aliphatic heterocycles. The number of nitrogens with zero attached hydrogens (tertiary/aromatic N) is 4. The van der Waals surface area contributed by atoms with Gasteiger partial charge in [-0.2, -0.15) is 5.10 Å². The Labute approximate surface area is 183 Å². The molecule has 3 heterocycles. The monoisotopic (exact) mass is 418 g/mol. The highest BCUT2D eigenvalue weighted by Gasteiger charge is 2.42. The molecule has 0 radical (unpaired) electrons. The Morgan fingerprint density at radius 1 is 1.03 bits per heavy atom. The van der Waals surface area contributed by atoms with Crippen LogP contribution in [0.15, 0.2) is 54.9 Å². The summed E-state index contributed by atoms with van der Waals surface area (Å²) in [5.41, 5.74) is 4.26. The van der Waals surface area contributed by atoms with Crippen LogP contribution in [0.3, 0.4) is 0 Å². The molecular weight excluding hydrogens is 388 g/mol. The Morgan fingerprint density at radius 2 is 1.81 bits per heavy atom. The summed E-state index contributed by atoms with van der Waals surface area (Å²) < 4.78 is 8.10. The number of hydrogen-bond acceptors (Lipinski definition) is 5. The lowest BCUT2D eigenvalue weighted by atomic mass is 9.78. The van der Waals surface area contributed by atoms with Crippen LogP contribution >= 0.6 is 0 Å². The first kappa shape index (κ1) is 20.2. The predicted octanol–water partition coefficient (Wildman–Crippen LogP) is 3.53. The van der Waals surface area contributed by atoms with Crippen molar-refractivity contribution in [3.05, 3.63) is 71.8 Å². The molecule has 6 heteroatoms. The molecule has 3 aromatic rings. The van der Waals surface area contributed by atoms with Crippen molar-refractivity contribution < 1.29 is 9.84 Å². The predicted molar refractivity (Wildman–Crippen MR) is 119 cm³/mol. The molecule has 0 bridgehead atoms. The average molecular weight is 419 g/mol. The zero-order valence-electron chi connectivity index (χ0n) is 18.2. The lowest BCUT2D eigenvalue weighted by Crippen LogP contribution is -2.42. The molecular formula is C25H30N4O2. The molecule has 4 atom stereocenters. The van der Waals surface area contributed by atoms with Crippen LogP contribution in [0.4, 0.5) is 0 Å². The number of benzene rings is 1. The number of pyridine rings is 1. The van der Waals surface area contributed by atoms with Gasteiger partial charge < -0.3 is 9.84 Å². The van der Waals surface area contributed by atoms with Gasteiger partial charge in [0.1, 0.15) is 11.9 Å². The van der Waals surface area contributed by atoms with Gasteiger partial charge in [0.15, 0.2) is 0 Å². The summed E-state index contributed by atoms with van der Waals surface area (Å²) in [4.78, 5) is 7.01. The minimum atomic E-state index is -0.421. The summed E-state index contributed by atoms with van der Waals surface area (Å²) in [6.07, 6.45) is 4.88. The van der Waals surface area contributed by atoms with E-state index in [9.17, 15) is 5.11 Å². The van der Waals surface area contributed by atoms with E-state index in [1.54, 1.807) is 6.20 Å². The van der Waals surface area contributed by atoms with Crippen molar-refractivity contribution in [3.63, 3.8) is 0 Å². The second kappa shape index (κ2) is 8.44. The highest BCUT2D eigenvalue weighted by Crippen LogP contribution is 2.38. The summed E-state index contributed by atoms with van der Waals surface area (Å²) in [5, 5.41) is 15.0. The van der Waals surface area contributed by atoms with Gasteiger partial charge in [0, 0.05) is 37.7 Å². The number of hydrogen-bond donors (Lipinski definition) is 1. The van der Waals surface area contributed by atoms with Gasteiger partial charge in [-0.25, -0.2) is 4.68 Å². The highest BCUT2D eigenvalue weighted by molar-refractivity contribution is 5.34. The third-order valence-electron chi connectivity index (χ3n) is 6.73. The normalized spacial score (nSPS) is 26.0. The van der Waals surface area contributed by atoms with Crippen molar-refractivity contribution in [2.24, 2.45) is 11.8 Å². The standard InChI is InChI=1S/C25H30N4O2/c1-17-4-9-24(18(2)27-17)31-25-13-21-16-28(15-20(21)12-23(25)30)14-19-5-7-22(8-6-19)29-11-3-10-26-29/h3-11,20-21,23,25,30H,12-16H2,1-2H3/t20-,21+,23+,25+/m0/s1. The lowest BCUT2D eigenvalue weighted by molar-refractivity contribution is -0.0236. The van der Waals surface area contributed by atoms with Crippen LogP contribution in [-0.4, -0.2) is 50.1 Å². The Kier molecular flexibility index (Phi) is 5.50. The summed E-state index contributed by atoms with van der Waals surface area (Å²) in [6.45, 7) is 6.99. The number of ether oxygens (including phenoxy) is 1. The van der Waals surface area contributed by atoms with Crippen LogP contribution in [-0.2, 0) is 6.54 Å². The van der Waals surface area contributed by atoms with Crippen LogP contribution in [0.5, 0.6) is 5.75 Å². The molecule has 0 unspecified atom stereocenters. The van der Waals surface area contributed by atoms with Crippen molar-refractivity contribution >= 4 is 0 Å². The van der Waals surface area contributed by atoms with Crippen molar-refractivity contribution in [2.75, 3.05) is 13.1 Å². The van der Waals surface area contributed by atoms with Crippen LogP contribution in [0, 0.1) is 25.7 Å². The quantitative estimate of drug-likeness (QED) is 0.687. The topological polar surface area (TPSA) is 63.4 Å². The average Bonchev–Trinajstić information content (AvgIpc) is 3.40. The fourth-order valence-corrected chi connectivity index (χ4v) is 5.14. The zero-order chi connectivity index (χ0) is 21.4. The maximum Gasteiger partial charge on any atom is 0.141 e. The minimum Gasteiger partial charge on any atom is -0.486 e. The number of aliphatic hydroxyl groups excluding tert-OH is 1. The molecule has 162 valence electrons. The van der Waals surface area contributed by atoms with Crippen LogP contribution in [0.2, 0.25) is 0 Å². The molecule has 0 spiro atoms. The van der Waals surface area contributed by atoms with Crippen molar-refractivity contribution in [1.29, 1.82) is 0 Å². The number of aliphatic hydroxyl groups is 1. The summed E-state index contributed by atoms with van der Waals surface area (Å²) in [7, 11) is 0. The van der Waals surface area contributed by atoms with Gasteiger partial charge in [0.05, 0.1) is 17.5 Å². The number of fused-ring (bicyclic) bond motifs is 1. The van der Waals surface area contributed by atoms with E-state index in [4.69, 9.17) is 4.74 Å². The summed E-state index contributed by atoms with van der Waals surface area (Å²) >= 11 is 0. The zero-order valence-corrected chi connectivity index (χ0v) is 18.2. The number of likely N-dealkylation sites (tertiary alicyclic amines) is 1. The van der Waals surface area contributed by atoms with E-state index < -0.39 is 6.10 Å². The van der Waals surface area contributed by atoms with Crippen LogP contribution < -0.4 is 4.74 Å². The first-order valence-electron chi connectivity index (χ1n) is 11.2. The van der Waals surface area contributed by atoms with E-state index in [2.05, 4.69) is 39.2 Å². The fourth-order valence-electron chi connectivity index (χ4n) is 5.14. The minimum absolute atomic E-state index is 0.155. The second-order valence-electron chi connectivity index (χ2n) is 9.06. The fraction of sp³-hybridized carbons (Fsp3) is 0.440. The molecule has 1 N–H and O–H groups in total. The van der Waals surface area contributed by atoms with E-state index in [0.29, 0.717) is 11.8 Å². The van der Waals surface area contributed by atoms with Gasteiger partial charge in [0.25, 0.3) is 0 Å². The number of rotatable bonds is 5. The summed E-state index contributed by atoms with van der Waals surface area (Å²) in [5.74, 6) is 1.89. The lowest BCUT2D eigenvalue weighted by Gasteiger charge is -2.35. The maximum atomic E-state index is 10.7. The third kappa shape index (κ3) is 4.36. The Hall–Kier alpha value is -2.70. The molecule has 5 rings (SSSR count). The molecule has 1 saturated heterocycles. The largest absolute Gasteiger partial charge is 0.486 e.